The SMILES string of the molecule is O=C(NN=Cc1ccc(Cl)c(Cl)c1)c1cc(Cl)nc(Cl)c1. The lowest BCUT2D eigenvalue weighted by Crippen LogP contribution is -2.17. The summed E-state index contributed by atoms with van der Waals surface area (Å²) in [6.07, 6.45) is 1.44. The molecule has 0 unspecified atom stereocenters. The molecule has 2 rings (SSSR count). The van der Waals surface area contributed by atoms with Gasteiger partial charge in [-0.15, -0.1) is 0 Å². The molecule has 2 aromatic rings. The Kier molecular flexibility index (Phi) is 5.42. The fraction of sp³-hybridized carbons (Fsp3) is 0. The average molecular weight is 363 g/mol. The number of hydrazone groups is 1. The van der Waals surface area contributed by atoms with E-state index in [1.54, 1.807) is 18.2 Å². The number of benzene rings is 1. The maximum absolute atomic E-state index is 11.8. The molecule has 0 saturated carbocycles. The fourth-order valence-corrected chi connectivity index (χ4v) is 2.19. The van der Waals surface area contributed by atoms with Gasteiger partial charge < -0.3 is 0 Å². The lowest BCUT2D eigenvalue weighted by Gasteiger charge is -2.01. The quantitative estimate of drug-likeness (QED) is 0.498. The standard InChI is InChI=1S/C13H7Cl4N3O/c14-9-2-1-7(3-10(9)15)6-18-20-13(21)8-4-11(16)19-12(17)5-8/h1-6H,(H,20,21). The van der Waals surface area contributed by atoms with Crippen LogP contribution in [0.3, 0.4) is 0 Å². The number of carbonyl (C=O) groups excluding carboxylic acids is 1. The van der Waals surface area contributed by atoms with Crippen LogP contribution in [0.4, 0.5) is 0 Å². The second kappa shape index (κ2) is 7.09. The van der Waals surface area contributed by atoms with Gasteiger partial charge in [-0.25, -0.2) is 10.4 Å². The molecule has 0 radical (unpaired) electrons. The van der Waals surface area contributed by atoms with Crippen molar-refractivity contribution in [3.05, 3.63) is 61.8 Å². The molecule has 1 aromatic heterocycles. The number of carbonyl (C=O) groups is 1. The molecule has 0 aliphatic carbocycles. The van der Waals surface area contributed by atoms with Gasteiger partial charge in [-0.3, -0.25) is 4.79 Å². The van der Waals surface area contributed by atoms with E-state index in [9.17, 15) is 4.79 Å². The molecule has 0 fully saturated rings. The van der Waals surface area contributed by atoms with Gasteiger partial charge in [0.05, 0.1) is 16.3 Å². The van der Waals surface area contributed by atoms with Gasteiger partial charge in [-0.1, -0.05) is 52.5 Å². The van der Waals surface area contributed by atoms with Crippen LogP contribution >= 0.6 is 46.4 Å². The summed E-state index contributed by atoms with van der Waals surface area (Å²) >= 11 is 23.1. The van der Waals surface area contributed by atoms with Gasteiger partial charge in [-0.2, -0.15) is 5.10 Å². The van der Waals surface area contributed by atoms with E-state index in [4.69, 9.17) is 46.4 Å². The van der Waals surface area contributed by atoms with Crippen molar-refractivity contribution in [1.82, 2.24) is 10.4 Å². The van der Waals surface area contributed by atoms with Crippen LogP contribution in [0.2, 0.25) is 20.4 Å². The van der Waals surface area contributed by atoms with E-state index in [-0.39, 0.29) is 15.9 Å². The zero-order valence-corrected chi connectivity index (χ0v) is 13.3. The van der Waals surface area contributed by atoms with Gasteiger partial charge in [0.1, 0.15) is 10.3 Å². The number of aromatic nitrogens is 1. The summed E-state index contributed by atoms with van der Waals surface area (Å²) in [7, 11) is 0. The highest BCUT2D eigenvalue weighted by Gasteiger charge is 2.07. The van der Waals surface area contributed by atoms with Crippen molar-refractivity contribution in [2.45, 2.75) is 0 Å². The predicted molar refractivity (Wildman–Crippen MR) is 85.8 cm³/mol. The van der Waals surface area contributed by atoms with E-state index < -0.39 is 5.91 Å². The average Bonchev–Trinajstić information content (AvgIpc) is 2.41. The molecule has 108 valence electrons. The second-order valence-electron chi connectivity index (χ2n) is 3.87. The lowest BCUT2D eigenvalue weighted by atomic mass is 10.2. The molecule has 1 heterocycles. The van der Waals surface area contributed by atoms with Crippen molar-refractivity contribution >= 4 is 58.5 Å². The Bertz CT molecular complexity index is 698. The number of halogens is 4. The van der Waals surface area contributed by atoms with Gasteiger partial charge in [0, 0.05) is 5.56 Å². The van der Waals surface area contributed by atoms with Crippen LogP contribution in [0, 0.1) is 0 Å². The van der Waals surface area contributed by atoms with E-state index in [1.807, 2.05) is 0 Å². The predicted octanol–water partition coefficient (Wildman–Crippen LogP) is 4.46. The molecule has 1 amide bonds. The monoisotopic (exact) mass is 361 g/mol. The van der Waals surface area contributed by atoms with Gasteiger partial charge >= 0.3 is 0 Å². The molecule has 0 saturated heterocycles. The van der Waals surface area contributed by atoms with Crippen LogP contribution in [0.1, 0.15) is 15.9 Å². The summed E-state index contributed by atoms with van der Waals surface area (Å²) in [6.45, 7) is 0. The van der Waals surface area contributed by atoms with Crippen molar-refractivity contribution in [3.8, 4) is 0 Å². The molecule has 4 nitrogen and oxygen atoms in total. The van der Waals surface area contributed by atoms with Gasteiger partial charge in [-0.05, 0) is 29.8 Å². The first-order valence-corrected chi connectivity index (χ1v) is 7.08. The highest BCUT2D eigenvalue weighted by atomic mass is 35.5. The minimum absolute atomic E-state index is 0.126. The Morgan fingerprint density at radius 3 is 2.33 bits per heavy atom. The van der Waals surface area contributed by atoms with Crippen LogP contribution < -0.4 is 5.43 Å². The second-order valence-corrected chi connectivity index (χ2v) is 5.46. The molecular weight excluding hydrogens is 356 g/mol. The maximum atomic E-state index is 11.8. The fourth-order valence-electron chi connectivity index (χ4n) is 1.42. The van der Waals surface area contributed by atoms with E-state index >= 15 is 0 Å². The molecule has 8 heteroatoms. The zero-order valence-electron chi connectivity index (χ0n) is 10.3. The van der Waals surface area contributed by atoms with Gasteiger partial charge in [0.2, 0.25) is 0 Å². The molecule has 1 aromatic carbocycles. The van der Waals surface area contributed by atoms with Crippen molar-refractivity contribution in [2.75, 3.05) is 0 Å². The summed E-state index contributed by atoms with van der Waals surface area (Å²) in [4.78, 5) is 15.6. The molecule has 1 N–H and O–H groups in total. The summed E-state index contributed by atoms with van der Waals surface area (Å²) in [5, 5.41) is 4.91. The number of nitrogens with zero attached hydrogens (tertiary/aromatic N) is 2. The lowest BCUT2D eigenvalue weighted by molar-refractivity contribution is 0.0955. The molecule has 0 aliphatic rings. The first-order valence-electron chi connectivity index (χ1n) is 5.57. The molecule has 0 spiro atoms. The number of pyridine rings is 1. The van der Waals surface area contributed by atoms with Crippen LogP contribution in [-0.4, -0.2) is 17.1 Å². The minimum atomic E-state index is -0.461. The van der Waals surface area contributed by atoms with Crippen molar-refractivity contribution in [1.29, 1.82) is 0 Å². The first kappa shape index (κ1) is 16.0. The Morgan fingerprint density at radius 1 is 1.05 bits per heavy atom. The number of rotatable bonds is 3. The van der Waals surface area contributed by atoms with Crippen LogP contribution in [0.15, 0.2) is 35.4 Å². The normalized spacial score (nSPS) is 10.9. The van der Waals surface area contributed by atoms with E-state index in [0.29, 0.717) is 15.6 Å². The topological polar surface area (TPSA) is 54.4 Å². The summed E-state index contributed by atoms with van der Waals surface area (Å²) in [5.41, 5.74) is 3.29. The van der Waals surface area contributed by atoms with E-state index in [2.05, 4.69) is 15.5 Å². The molecule has 0 aliphatic heterocycles. The van der Waals surface area contributed by atoms with E-state index in [1.165, 1.54) is 18.3 Å². The Labute approximate surface area is 140 Å². The molecule has 0 atom stereocenters. The van der Waals surface area contributed by atoms with Crippen LogP contribution in [0.5, 0.6) is 0 Å². The zero-order chi connectivity index (χ0) is 15.4. The highest BCUT2D eigenvalue weighted by molar-refractivity contribution is 6.42. The number of hydrogen-bond acceptors (Lipinski definition) is 3. The summed E-state index contributed by atoms with van der Waals surface area (Å²) in [5.74, 6) is -0.461. The van der Waals surface area contributed by atoms with Crippen molar-refractivity contribution in [3.63, 3.8) is 0 Å². The van der Waals surface area contributed by atoms with Crippen molar-refractivity contribution < 1.29 is 4.79 Å². The summed E-state index contributed by atoms with van der Waals surface area (Å²) < 4.78 is 0. The number of amides is 1. The third kappa shape index (κ3) is 4.58. The van der Waals surface area contributed by atoms with Gasteiger partial charge in [0.15, 0.2) is 0 Å². The third-order valence-corrected chi connectivity index (χ3v) is 3.47. The maximum Gasteiger partial charge on any atom is 0.271 e. The van der Waals surface area contributed by atoms with Gasteiger partial charge in [0.25, 0.3) is 5.91 Å². The van der Waals surface area contributed by atoms with Crippen LogP contribution in [-0.2, 0) is 0 Å². The highest BCUT2D eigenvalue weighted by Crippen LogP contribution is 2.21. The van der Waals surface area contributed by atoms with Crippen LogP contribution in [0.25, 0.3) is 0 Å². The Hall–Kier alpha value is -1.33. The molecular formula is C13H7Cl4N3O. The third-order valence-electron chi connectivity index (χ3n) is 2.35. The molecule has 0 bridgehead atoms. The largest absolute Gasteiger partial charge is 0.271 e. The smallest absolute Gasteiger partial charge is 0.267 e. The van der Waals surface area contributed by atoms with Crippen molar-refractivity contribution in [2.24, 2.45) is 5.10 Å². The number of hydrogen-bond donors (Lipinski definition) is 1. The Morgan fingerprint density at radius 2 is 1.71 bits per heavy atom. The minimum Gasteiger partial charge on any atom is -0.267 e. The number of nitrogens with one attached hydrogen (secondary N) is 1. The van der Waals surface area contributed by atoms with E-state index in [0.717, 1.165) is 0 Å². The molecule has 21 heavy (non-hydrogen) atoms. The summed E-state index contributed by atoms with van der Waals surface area (Å²) in [6, 6.07) is 7.74. The first-order chi connectivity index (χ1) is 9.95. The Balaban J connectivity index is 2.06.